The molecule has 2 amide bonds. The van der Waals surface area contributed by atoms with Crippen molar-refractivity contribution in [1.82, 2.24) is 14.7 Å². The lowest BCUT2D eigenvalue weighted by Gasteiger charge is -2.35. The van der Waals surface area contributed by atoms with E-state index < -0.39 is 18.6 Å². The first-order chi connectivity index (χ1) is 11.7. The van der Waals surface area contributed by atoms with Crippen molar-refractivity contribution in [1.29, 1.82) is 0 Å². The molecule has 2 fully saturated rings. The number of likely N-dealkylation sites (N-methyl/N-ethyl adjacent to an activating group) is 1. The summed E-state index contributed by atoms with van der Waals surface area (Å²) in [7, 11) is 1.17. The van der Waals surface area contributed by atoms with E-state index in [-0.39, 0.29) is 12.5 Å². The lowest BCUT2D eigenvalue weighted by atomic mass is 10.0. The molecule has 8 heteroatoms. The maximum absolute atomic E-state index is 12.3. The smallest absolute Gasteiger partial charge is 0.340 e. The van der Waals surface area contributed by atoms with Gasteiger partial charge in [-0.15, -0.1) is 0 Å². The van der Waals surface area contributed by atoms with Crippen LogP contribution in [0.5, 0.6) is 0 Å². The number of hydrogen-bond acceptors (Lipinski definition) is 3. The second-order valence-corrected chi connectivity index (χ2v) is 7.21. The Hall–Kier alpha value is -1.31. The van der Waals surface area contributed by atoms with E-state index in [0.29, 0.717) is 43.4 Å². The highest BCUT2D eigenvalue weighted by Gasteiger charge is 2.32. The fourth-order valence-corrected chi connectivity index (χ4v) is 3.61. The molecule has 0 aromatic carbocycles. The number of hydrogen-bond donors (Lipinski definition) is 0. The lowest BCUT2D eigenvalue weighted by molar-refractivity contribution is -0.159. The van der Waals surface area contributed by atoms with Crippen LogP contribution in [-0.4, -0.2) is 79.0 Å². The van der Waals surface area contributed by atoms with Crippen LogP contribution in [0.25, 0.3) is 0 Å². The van der Waals surface area contributed by atoms with Gasteiger partial charge in [0.1, 0.15) is 6.54 Å². The van der Waals surface area contributed by atoms with E-state index in [2.05, 4.69) is 0 Å². The van der Waals surface area contributed by atoms with E-state index in [1.54, 1.807) is 0 Å². The Morgan fingerprint density at radius 3 is 2.24 bits per heavy atom. The van der Waals surface area contributed by atoms with Gasteiger partial charge in [0, 0.05) is 39.6 Å². The normalized spacial score (nSPS) is 20.1. The second-order valence-electron chi connectivity index (χ2n) is 7.21. The fourth-order valence-electron chi connectivity index (χ4n) is 3.61. The molecule has 0 aromatic heterocycles. The van der Waals surface area contributed by atoms with Crippen LogP contribution in [0.15, 0.2) is 0 Å². The monoisotopic (exact) mass is 363 g/mol. The number of amides is 2. The topological polar surface area (TPSA) is 43.9 Å². The summed E-state index contributed by atoms with van der Waals surface area (Å²) in [6.45, 7) is 0.878. The number of carbonyl (C=O) groups is 2. The van der Waals surface area contributed by atoms with Gasteiger partial charge in [-0.05, 0) is 12.3 Å². The molecule has 2 rings (SSSR count). The van der Waals surface area contributed by atoms with Crippen LogP contribution in [0, 0.1) is 5.92 Å². The number of nitrogens with zero attached hydrogens (tertiary/aromatic N) is 3. The minimum absolute atomic E-state index is 0.0311. The van der Waals surface area contributed by atoms with Crippen molar-refractivity contribution < 1.29 is 22.8 Å². The van der Waals surface area contributed by atoms with Gasteiger partial charge in [-0.3, -0.25) is 14.5 Å². The molecule has 1 saturated heterocycles. The van der Waals surface area contributed by atoms with E-state index in [9.17, 15) is 22.8 Å². The van der Waals surface area contributed by atoms with Gasteiger partial charge in [-0.2, -0.15) is 13.2 Å². The Bertz CT molecular complexity index is 457. The van der Waals surface area contributed by atoms with E-state index in [1.165, 1.54) is 32.7 Å². The Labute approximate surface area is 147 Å². The van der Waals surface area contributed by atoms with Gasteiger partial charge >= 0.3 is 6.18 Å². The third-order valence-electron chi connectivity index (χ3n) is 5.17. The molecule has 0 bridgehead atoms. The standard InChI is InChI=1S/C17H28F3N3O2/c1-21(13-17(18,19)20)16(25)12-22-8-10-23(11-9-22)15(24)7-6-14-4-2-3-5-14/h14H,2-13H2,1H3. The molecule has 2 aliphatic rings. The number of piperazine rings is 1. The first-order valence-electron chi connectivity index (χ1n) is 9.05. The molecule has 1 aliphatic carbocycles. The quantitative estimate of drug-likeness (QED) is 0.726. The SMILES string of the molecule is CN(CC(F)(F)F)C(=O)CN1CCN(C(=O)CCC2CCCC2)CC1. The Kier molecular flexibility index (Phi) is 7.10. The van der Waals surface area contributed by atoms with Gasteiger partial charge in [0.2, 0.25) is 11.8 Å². The molecule has 1 saturated carbocycles. The molecule has 144 valence electrons. The zero-order valence-corrected chi connectivity index (χ0v) is 14.9. The molecular weight excluding hydrogens is 335 g/mol. The predicted molar refractivity (Wildman–Crippen MR) is 87.9 cm³/mol. The molecular formula is C17H28F3N3O2. The average Bonchev–Trinajstić information content (AvgIpc) is 3.05. The minimum atomic E-state index is -4.38. The highest BCUT2D eigenvalue weighted by molar-refractivity contribution is 5.78. The molecule has 1 aliphatic heterocycles. The van der Waals surface area contributed by atoms with Gasteiger partial charge in [0.15, 0.2) is 0 Å². The summed E-state index contributed by atoms with van der Waals surface area (Å²) in [6.07, 6.45) is 2.17. The van der Waals surface area contributed by atoms with Crippen LogP contribution < -0.4 is 0 Å². The summed E-state index contributed by atoms with van der Waals surface area (Å²) >= 11 is 0. The summed E-state index contributed by atoms with van der Waals surface area (Å²) < 4.78 is 37.0. The van der Waals surface area contributed by atoms with Crippen molar-refractivity contribution in [2.24, 2.45) is 5.92 Å². The summed E-state index contributed by atoms with van der Waals surface area (Å²) in [6, 6.07) is 0. The minimum Gasteiger partial charge on any atom is -0.340 e. The summed E-state index contributed by atoms with van der Waals surface area (Å²) in [5, 5.41) is 0. The predicted octanol–water partition coefficient (Wildman–Crippen LogP) is 2.12. The van der Waals surface area contributed by atoms with E-state index in [1.807, 2.05) is 9.80 Å². The Morgan fingerprint density at radius 2 is 1.68 bits per heavy atom. The summed E-state index contributed by atoms with van der Waals surface area (Å²) in [5.41, 5.74) is 0. The number of halogens is 3. The van der Waals surface area contributed by atoms with Crippen molar-refractivity contribution in [3.05, 3.63) is 0 Å². The molecule has 1 heterocycles. The number of rotatable bonds is 6. The largest absolute Gasteiger partial charge is 0.406 e. The Balaban J connectivity index is 1.66. The first-order valence-corrected chi connectivity index (χ1v) is 9.05. The van der Waals surface area contributed by atoms with Crippen LogP contribution in [0.2, 0.25) is 0 Å². The number of alkyl halides is 3. The molecule has 0 unspecified atom stereocenters. The van der Waals surface area contributed by atoms with Crippen LogP contribution in [0.4, 0.5) is 13.2 Å². The van der Waals surface area contributed by atoms with Gasteiger partial charge < -0.3 is 9.80 Å². The molecule has 0 aromatic rings. The van der Waals surface area contributed by atoms with Crippen molar-refractivity contribution in [2.45, 2.75) is 44.7 Å². The molecule has 0 spiro atoms. The fraction of sp³-hybridized carbons (Fsp3) is 0.882. The van der Waals surface area contributed by atoms with Crippen LogP contribution >= 0.6 is 0 Å². The zero-order chi connectivity index (χ0) is 18.4. The molecule has 0 atom stereocenters. The van der Waals surface area contributed by atoms with Gasteiger partial charge in [0.05, 0.1) is 6.54 Å². The van der Waals surface area contributed by atoms with Crippen LogP contribution in [0.3, 0.4) is 0 Å². The maximum Gasteiger partial charge on any atom is 0.406 e. The van der Waals surface area contributed by atoms with Crippen molar-refractivity contribution in [3.63, 3.8) is 0 Å². The third-order valence-corrected chi connectivity index (χ3v) is 5.17. The van der Waals surface area contributed by atoms with Gasteiger partial charge in [0.25, 0.3) is 0 Å². The van der Waals surface area contributed by atoms with Crippen molar-refractivity contribution in [2.75, 3.05) is 46.3 Å². The zero-order valence-electron chi connectivity index (χ0n) is 14.9. The van der Waals surface area contributed by atoms with Crippen LogP contribution in [0.1, 0.15) is 38.5 Å². The second kappa shape index (κ2) is 8.87. The first kappa shape index (κ1) is 20.0. The van der Waals surface area contributed by atoms with E-state index in [4.69, 9.17) is 0 Å². The highest BCUT2D eigenvalue weighted by atomic mass is 19.4. The molecule has 0 radical (unpaired) electrons. The Morgan fingerprint density at radius 1 is 1.08 bits per heavy atom. The van der Waals surface area contributed by atoms with E-state index >= 15 is 0 Å². The van der Waals surface area contributed by atoms with Crippen LogP contribution in [-0.2, 0) is 9.59 Å². The molecule has 5 nitrogen and oxygen atoms in total. The van der Waals surface area contributed by atoms with Gasteiger partial charge in [-0.25, -0.2) is 0 Å². The third kappa shape index (κ3) is 6.84. The summed E-state index contributed by atoms with van der Waals surface area (Å²) in [5.74, 6) is 0.303. The van der Waals surface area contributed by atoms with Crippen molar-refractivity contribution in [3.8, 4) is 0 Å². The maximum atomic E-state index is 12.3. The van der Waals surface area contributed by atoms with Gasteiger partial charge in [-0.1, -0.05) is 25.7 Å². The van der Waals surface area contributed by atoms with E-state index in [0.717, 1.165) is 6.42 Å². The highest BCUT2D eigenvalue weighted by Crippen LogP contribution is 2.28. The molecule has 0 N–H and O–H groups in total. The molecule has 25 heavy (non-hydrogen) atoms. The lowest BCUT2D eigenvalue weighted by Crippen LogP contribution is -2.51. The number of carbonyl (C=O) groups excluding carboxylic acids is 2. The average molecular weight is 363 g/mol. The van der Waals surface area contributed by atoms with Crippen molar-refractivity contribution >= 4 is 11.8 Å². The summed E-state index contributed by atoms with van der Waals surface area (Å²) in [4.78, 5) is 28.5.